The molecule has 124 valence electrons. The molecule has 0 saturated heterocycles. The molecule has 0 bridgehead atoms. The van der Waals surface area contributed by atoms with Gasteiger partial charge in [-0.05, 0) is 23.8 Å². The zero-order chi connectivity index (χ0) is 17.2. The summed E-state index contributed by atoms with van der Waals surface area (Å²) in [5.41, 5.74) is 3.92. The van der Waals surface area contributed by atoms with E-state index in [1.807, 2.05) is 42.6 Å². The van der Waals surface area contributed by atoms with Gasteiger partial charge in [-0.2, -0.15) is 0 Å². The van der Waals surface area contributed by atoms with Gasteiger partial charge in [0.05, 0.1) is 11.0 Å². The summed E-state index contributed by atoms with van der Waals surface area (Å²) in [5.74, 6) is 1.11. The Morgan fingerprint density at radius 2 is 1.80 bits per heavy atom. The number of nitrogens with zero attached hydrogens (tertiary/aromatic N) is 4. The molecule has 5 nitrogen and oxygen atoms in total. The first-order valence-corrected chi connectivity index (χ1v) is 8.94. The number of hydrogen-bond acceptors (Lipinski definition) is 6. The summed E-state index contributed by atoms with van der Waals surface area (Å²) in [6, 6.07) is 16.1. The van der Waals surface area contributed by atoms with Gasteiger partial charge < -0.3 is 5.32 Å². The van der Waals surface area contributed by atoms with E-state index in [2.05, 4.69) is 46.5 Å². The molecule has 0 amide bonds. The van der Waals surface area contributed by atoms with Crippen LogP contribution < -0.4 is 5.32 Å². The first-order valence-electron chi connectivity index (χ1n) is 8.12. The molecule has 4 aromatic rings. The molecule has 25 heavy (non-hydrogen) atoms. The third kappa shape index (κ3) is 3.21. The zero-order valence-electron chi connectivity index (χ0n) is 14.0. The lowest BCUT2D eigenvalue weighted by molar-refractivity contribution is 0.825. The second-order valence-electron chi connectivity index (χ2n) is 6.01. The van der Waals surface area contributed by atoms with Crippen LogP contribution in [0, 0.1) is 0 Å². The molecule has 0 fully saturated rings. The molecule has 0 unspecified atom stereocenters. The van der Waals surface area contributed by atoms with E-state index >= 15 is 0 Å². The van der Waals surface area contributed by atoms with Crippen molar-refractivity contribution in [3.8, 4) is 11.1 Å². The van der Waals surface area contributed by atoms with Crippen molar-refractivity contribution < 1.29 is 0 Å². The highest BCUT2D eigenvalue weighted by molar-refractivity contribution is 7.15. The molecule has 0 spiro atoms. The molecule has 0 aliphatic rings. The van der Waals surface area contributed by atoms with Crippen LogP contribution in [-0.4, -0.2) is 20.2 Å². The average molecular weight is 347 g/mol. The Morgan fingerprint density at radius 3 is 2.56 bits per heavy atom. The van der Waals surface area contributed by atoms with E-state index in [9.17, 15) is 0 Å². The van der Waals surface area contributed by atoms with Gasteiger partial charge in [-0.3, -0.25) is 4.98 Å². The summed E-state index contributed by atoms with van der Waals surface area (Å²) < 4.78 is 0. The fourth-order valence-corrected chi connectivity index (χ4v) is 3.33. The second kappa shape index (κ2) is 6.57. The van der Waals surface area contributed by atoms with Gasteiger partial charge >= 0.3 is 0 Å². The SMILES string of the molecule is CC(C)c1nnc(Nc2ccc3nccc(-c4ccccc4)c3n2)s1. The molecule has 3 aromatic heterocycles. The number of benzene rings is 1. The number of anilines is 2. The maximum absolute atomic E-state index is 4.77. The Labute approximate surface area is 149 Å². The normalized spacial score (nSPS) is 11.2. The van der Waals surface area contributed by atoms with E-state index in [0.717, 1.165) is 38.1 Å². The molecule has 0 radical (unpaired) electrons. The molecule has 4 rings (SSSR count). The lowest BCUT2D eigenvalue weighted by Gasteiger charge is -2.08. The molecule has 1 N–H and O–H groups in total. The molecule has 6 heteroatoms. The van der Waals surface area contributed by atoms with Gasteiger partial charge in [-0.15, -0.1) is 10.2 Å². The van der Waals surface area contributed by atoms with Crippen molar-refractivity contribution in [3.05, 3.63) is 59.7 Å². The van der Waals surface area contributed by atoms with Crippen LogP contribution in [0.15, 0.2) is 54.7 Å². The van der Waals surface area contributed by atoms with Gasteiger partial charge in [0.1, 0.15) is 10.8 Å². The first-order chi connectivity index (χ1) is 12.2. The van der Waals surface area contributed by atoms with Crippen molar-refractivity contribution in [1.29, 1.82) is 0 Å². The van der Waals surface area contributed by atoms with Gasteiger partial charge in [-0.25, -0.2) is 4.98 Å². The monoisotopic (exact) mass is 347 g/mol. The van der Waals surface area contributed by atoms with E-state index in [-0.39, 0.29) is 0 Å². The van der Waals surface area contributed by atoms with Crippen molar-refractivity contribution in [2.24, 2.45) is 0 Å². The molecular formula is C19H17N5S. The zero-order valence-corrected chi connectivity index (χ0v) is 14.8. The van der Waals surface area contributed by atoms with Gasteiger partial charge in [0.2, 0.25) is 5.13 Å². The lowest BCUT2D eigenvalue weighted by Crippen LogP contribution is -1.95. The highest BCUT2D eigenvalue weighted by atomic mass is 32.1. The summed E-state index contributed by atoms with van der Waals surface area (Å²) >= 11 is 1.55. The van der Waals surface area contributed by atoms with Crippen molar-refractivity contribution in [3.63, 3.8) is 0 Å². The van der Waals surface area contributed by atoms with Crippen LogP contribution in [0.1, 0.15) is 24.8 Å². The predicted molar refractivity (Wildman–Crippen MR) is 102 cm³/mol. The van der Waals surface area contributed by atoms with Crippen molar-refractivity contribution >= 4 is 33.3 Å². The first kappa shape index (κ1) is 15.7. The lowest BCUT2D eigenvalue weighted by atomic mass is 10.1. The van der Waals surface area contributed by atoms with E-state index in [1.165, 1.54) is 0 Å². The summed E-state index contributed by atoms with van der Waals surface area (Å²) in [6.45, 7) is 4.22. The van der Waals surface area contributed by atoms with E-state index in [1.54, 1.807) is 11.3 Å². The maximum atomic E-state index is 4.77. The number of rotatable bonds is 4. The minimum absolute atomic E-state index is 0.367. The van der Waals surface area contributed by atoms with Crippen molar-refractivity contribution in [2.75, 3.05) is 5.32 Å². The number of fused-ring (bicyclic) bond motifs is 1. The smallest absolute Gasteiger partial charge is 0.211 e. The van der Waals surface area contributed by atoms with Gasteiger partial charge in [0.25, 0.3) is 0 Å². The highest BCUT2D eigenvalue weighted by Gasteiger charge is 2.10. The molecule has 0 aliphatic heterocycles. The Balaban J connectivity index is 1.73. The fraction of sp³-hybridized carbons (Fsp3) is 0.158. The highest BCUT2D eigenvalue weighted by Crippen LogP contribution is 2.29. The Bertz CT molecular complexity index is 1010. The average Bonchev–Trinajstić information content (AvgIpc) is 3.11. The number of nitrogens with one attached hydrogen (secondary N) is 1. The minimum Gasteiger partial charge on any atom is -0.315 e. The summed E-state index contributed by atoms with van der Waals surface area (Å²) in [7, 11) is 0. The molecule has 0 saturated carbocycles. The Kier molecular flexibility index (Phi) is 4.11. The fourth-order valence-electron chi connectivity index (χ4n) is 2.57. The summed E-state index contributed by atoms with van der Waals surface area (Å²) in [6.07, 6.45) is 1.82. The maximum Gasteiger partial charge on any atom is 0.211 e. The largest absolute Gasteiger partial charge is 0.315 e. The number of aromatic nitrogens is 4. The number of pyridine rings is 2. The van der Waals surface area contributed by atoms with Crippen LogP contribution in [0.5, 0.6) is 0 Å². The van der Waals surface area contributed by atoms with Crippen LogP contribution in [0.3, 0.4) is 0 Å². The van der Waals surface area contributed by atoms with Crippen molar-refractivity contribution in [1.82, 2.24) is 20.2 Å². The third-order valence-electron chi connectivity index (χ3n) is 3.84. The third-order valence-corrected chi connectivity index (χ3v) is 4.98. The molecule has 1 aromatic carbocycles. The summed E-state index contributed by atoms with van der Waals surface area (Å²) in [4.78, 5) is 9.19. The second-order valence-corrected chi connectivity index (χ2v) is 7.02. The summed E-state index contributed by atoms with van der Waals surface area (Å²) in [5, 5.41) is 13.4. The molecular weight excluding hydrogens is 330 g/mol. The van der Waals surface area contributed by atoms with E-state index in [4.69, 9.17) is 4.98 Å². The Morgan fingerprint density at radius 1 is 0.960 bits per heavy atom. The standard InChI is InChI=1S/C19H17N5S/c1-12(2)18-23-24-19(25-18)22-16-9-8-15-17(21-16)14(10-11-20-15)13-6-4-3-5-7-13/h3-12H,1-2H3,(H,21,22,24). The number of hydrogen-bond donors (Lipinski definition) is 1. The van der Waals surface area contributed by atoms with E-state index < -0.39 is 0 Å². The van der Waals surface area contributed by atoms with Crippen LogP contribution >= 0.6 is 11.3 Å². The predicted octanol–water partition coefficient (Wildman–Crippen LogP) is 5.02. The van der Waals surface area contributed by atoms with Gasteiger partial charge in [0.15, 0.2) is 0 Å². The molecule has 0 atom stereocenters. The van der Waals surface area contributed by atoms with Crippen LogP contribution in [0.25, 0.3) is 22.2 Å². The van der Waals surface area contributed by atoms with Gasteiger partial charge in [-0.1, -0.05) is 55.5 Å². The van der Waals surface area contributed by atoms with E-state index in [0.29, 0.717) is 5.92 Å². The van der Waals surface area contributed by atoms with Crippen LogP contribution in [0.4, 0.5) is 10.9 Å². The molecule has 0 aliphatic carbocycles. The Hall–Kier alpha value is -2.86. The molecule has 3 heterocycles. The van der Waals surface area contributed by atoms with Crippen LogP contribution in [0.2, 0.25) is 0 Å². The topological polar surface area (TPSA) is 63.6 Å². The van der Waals surface area contributed by atoms with Crippen LogP contribution in [-0.2, 0) is 0 Å². The minimum atomic E-state index is 0.367. The van der Waals surface area contributed by atoms with Crippen molar-refractivity contribution in [2.45, 2.75) is 19.8 Å². The quantitative estimate of drug-likeness (QED) is 0.562. The van der Waals surface area contributed by atoms with Gasteiger partial charge in [0, 0.05) is 17.7 Å².